The number of carbonyl (C=O) groups excluding carboxylic acids is 1. The zero-order chi connectivity index (χ0) is 26.4. The minimum Gasteiger partial charge on any atom is -0.497 e. The van der Waals surface area contributed by atoms with Crippen molar-refractivity contribution in [3.05, 3.63) is 59.3 Å². The Morgan fingerprint density at radius 2 is 1.71 bits per heavy atom. The number of carbonyl (C=O) groups is 1. The summed E-state index contributed by atoms with van der Waals surface area (Å²) < 4.78 is 18.6. The molecule has 4 heterocycles. The smallest absolute Gasteiger partial charge is 0.225 e. The van der Waals surface area contributed by atoms with Gasteiger partial charge in [0.2, 0.25) is 5.91 Å². The molecule has 6 rings (SSSR count). The van der Waals surface area contributed by atoms with Gasteiger partial charge in [-0.1, -0.05) is 12.1 Å². The van der Waals surface area contributed by atoms with E-state index in [4.69, 9.17) is 14.2 Å². The molecule has 8 heteroatoms. The standard InChI is InChI=1S/C30H37N3O5/c1-31-25-14-23(37-3)8-9-24(25)27-28(31)26(16-34)32(15-20-4-6-22(36-2)7-5-20)17-30(27)18-33(19-30)29(35)21-10-12-38-13-11-21/h4-9,14,21,26,34H,10-13,15-19H2,1-3H3/t26-/m0/s1. The third kappa shape index (κ3) is 4.06. The second-order valence-electron chi connectivity index (χ2n) is 11.0. The van der Waals surface area contributed by atoms with E-state index in [9.17, 15) is 9.90 Å². The summed E-state index contributed by atoms with van der Waals surface area (Å²) in [5, 5.41) is 11.9. The predicted molar refractivity (Wildman–Crippen MR) is 145 cm³/mol. The van der Waals surface area contributed by atoms with Gasteiger partial charge in [-0.2, -0.15) is 0 Å². The van der Waals surface area contributed by atoms with Gasteiger partial charge in [0.1, 0.15) is 11.5 Å². The number of hydrogen-bond donors (Lipinski definition) is 1. The largest absolute Gasteiger partial charge is 0.497 e. The molecule has 1 amide bonds. The number of fused-ring (bicyclic) bond motifs is 4. The summed E-state index contributed by atoms with van der Waals surface area (Å²) >= 11 is 0. The minimum atomic E-state index is -0.192. The molecule has 2 fully saturated rings. The highest BCUT2D eigenvalue weighted by molar-refractivity contribution is 5.90. The van der Waals surface area contributed by atoms with Gasteiger partial charge in [-0.3, -0.25) is 9.69 Å². The molecule has 38 heavy (non-hydrogen) atoms. The molecule has 1 aromatic heterocycles. The van der Waals surface area contributed by atoms with Crippen molar-refractivity contribution in [2.24, 2.45) is 13.0 Å². The van der Waals surface area contributed by atoms with E-state index in [1.54, 1.807) is 14.2 Å². The van der Waals surface area contributed by atoms with Crippen LogP contribution in [-0.2, 0) is 28.5 Å². The topological polar surface area (TPSA) is 76.4 Å². The molecule has 3 aliphatic heterocycles. The molecule has 0 radical (unpaired) electrons. The van der Waals surface area contributed by atoms with Crippen molar-refractivity contribution in [2.75, 3.05) is 53.7 Å². The first kappa shape index (κ1) is 25.2. The SMILES string of the molecule is COc1ccc(CN2CC3(CN(C(=O)C4CCOCC4)C3)c3c(n(C)c4cc(OC)ccc34)[C@@H]2CO)cc1. The minimum absolute atomic E-state index is 0.0191. The lowest BCUT2D eigenvalue weighted by Crippen LogP contribution is -2.68. The van der Waals surface area contributed by atoms with Crippen molar-refractivity contribution < 1.29 is 24.1 Å². The summed E-state index contributed by atoms with van der Waals surface area (Å²) in [7, 11) is 5.44. The Morgan fingerprint density at radius 1 is 1.03 bits per heavy atom. The Labute approximate surface area is 223 Å². The van der Waals surface area contributed by atoms with Crippen LogP contribution in [-0.4, -0.2) is 79.1 Å². The van der Waals surface area contributed by atoms with E-state index in [1.165, 1.54) is 10.9 Å². The number of methoxy groups -OCH3 is 2. The number of nitrogens with zero attached hydrogens (tertiary/aromatic N) is 3. The van der Waals surface area contributed by atoms with Crippen molar-refractivity contribution in [2.45, 2.75) is 30.8 Å². The number of rotatable bonds is 6. The molecule has 1 N–H and O–H groups in total. The fraction of sp³-hybridized carbons (Fsp3) is 0.500. The van der Waals surface area contributed by atoms with Gasteiger partial charge in [-0.15, -0.1) is 0 Å². The number of likely N-dealkylation sites (tertiary alicyclic amines) is 1. The van der Waals surface area contributed by atoms with E-state index >= 15 is 0 Å². The molecule has 1 atom stereocenters. The van der Waals surface area contributed by atoms with E-state index in [2.05, 4.69) is 40.8 Å². The van der Waals surface area contributed by atoms with Crippen LogP contribution in [0.5, 0.6) is 11.5 Å². The Morgan fingerprint density at radius 3 is 2.37 bits per heavy atom. The fourth-order valence-electron chi connectivity index (χ4n) is 6.90. The van der Waals surface area contributed by atoms with E-state index in [0.717, 1.165) is 47.7 Å². The lowest BCUT2D eigenvalue weighted by Gasteiger charge is -2.57. The van der Waals surface area contributed by atoms with Crippen molar-refractivity contribution in [3.8, 4) is 11.5 Å². The van der Waals surface area contributed by atoms with Gasteiger partial charge < -0.3 is 28.8 Å². The summed E-state index contributed by atoms with van der Waals surface area (Å²) in [6, 6.07) is 14.2. The van der Waals surface area contributed by atoms with Gasteiger partial charge in [0.05, 0.1) is 32.4 Å². The third-order valence-electron chi connectivity index (χ3n) is 8.83. The Kier molecular flexibility index (Phi) is 6.58. The van der Waals surface area contributed by atoms with E-state index < -0.39 is 0 Å². The summed E-state index contributed by atoms with van der Waals surface area (Å²) in [6.07, 6.45) is 1.61. The molecule has 0 aliphatic carbocycles. The number of hydrogen-bond acceptors (Lipinski definition) is 6. The first-order valence-electron chi connectivity index (χ1n) is 13.5. The van der Waals surface area contributed by atoms with Crippen molar-refractivity contribution >= 4 is 16.8 Å². The number of aliphatic hydroxyl groups is 1. The van der Waals surface area contributed by atoms with Crippen LogP contribution >= 0.6 is 0 Å². The average molecular weight is 520 g/mol. The fourth-order valence-corrected chi connectivity index (χ4v) is 6.90. The molecule has 1 spiro atoms. The zero-order valence-electron chi connectivity index (χ0n) is 22.5. The van der Waals surface area contributed by atoms with Crippen LogP contribution < -0.4 is 9.47 Å². The number of aliphatic hydroxyl groups excluding tert-OH is 1. The van der Waals surface area contributed by atoms with Crippen molar-refractivity contribution in [3.63, 3.8) is 0 Å². The van der Waals surface area contributed by atoms with Gasteiger partial charge in [0.25, 0.3) is 0 Å². The second-order valence-corrected chi connectivity index (χ2v) is 11.0. The van der Waals surface area contributed by atoms with Crippen LogP contribution in [0.1, 0.15) is 35.7 Å². The maximum absolute atomic E-state index is 13.4. The lowest BCUT2D eigenvalue weighted by atomic mass is 9.68. The summed E-state index contributed by atoms with van der Waals surface area (Å²) in [5.41, 5.74) is 4.47. The molecule has 0 saturated carbocycles. The summed E-state index contributed by atoms with van der Waals surface area (Å²) in [5.74, 6) is 1.95. The van der Waals surface area contributed by atoms with Crippen LogP contribution in [0.4, 0.5) is 0 Å². The van der Waals surface area contributed by atoms with Crippen LogP contribution in [0.25, 0.3) is 10.9 Å². The molecule has 3 aromatic rings. The molecule has 2 saturated heterocycles. The van der Waals surface area contributed by atoms with E-state index in [-0.39, 0.29) is 29.9 Å². The second kappa shape index (κ2) is 9.91. The highest BCUT2D eigenvalue weighted by Crippen LogP contribution is 2.50. The van der Waals surface area contributed by atoms with Gasteiger partial charge in [0.15, 0.2) is 0 Å². The van der Waals surface area contributed by atoms with E-state index in [0.29, 0.717) is 32.8 Å². The lowest BCUT2D eigenvalue weighted by molar-refractivity contribution is -0.148. The summed E-state index contributed by atoms with van der Waals surface area (Å²) in [6.45, 7) is 4.22. The normalized spacial score (nSPS) is 21.4. The van der Waals surface area contributed by atoms with Crippen molar-refractivity contribution in [1.29, 1.82) is 0 Å². The highest BCUT2D eigenvalue weighted by Gasteiger charge is 2.55. The van der Waals surface area contributed by atoms with Crippen LogP contribution in [0, 0.1) is 5.92 Å². The molecule has 2 aromatic carbocycles. The molecule has 8 nitrogen and oxygen atoms in total. The molecule has 0 unspecified atom stereocenters. The maximum Gasteiger partial charge on any atom is 0.225 e. The van der Waals surface area contributed by atoms with Gasteiger partial charge in [-0.25, -0.2) is 0 Å². The van der Waals surface area contributed by atoms with Crippen LogP contribution in [0.2, 0.25) is 0 Å². The zero-order valence-corrected chi connectivity index (χ0v) is 22.5. The number of ether oxygens (including phenoxy) is 3. The Hall–Kier alpha value is -3.07. The number of aromatic nitrogens is 1. The van der Waals surface area contributed by atoms with Crippen LogP contribution in [0.15, 0.2) is 42.5 Å². The average Bonchev–Trinajstić information content (AvgIpc) is 3.23. The van der Waals surface area contributed by atoms with Gasteiger partial charge in [0, 0.05) is 74.9 Å². The van der Waals surface area contributed by atoms with Crippen molar-refractivity contribution in [1.82, 2.24) is 14.4 Å². The first-order valence-corrected chi connectivity index (χ1v) is 13.5. The molecule has 3 aliphatic rings. The number of amides is 1. The van der Waals surface area contributed by atoms with Gasteiger partial charge in [-0.05, 0) is 48.2 Å². The molecule has 202 valence electrons. The van der Waals surface area contributed by atoms with E-state index in [1.807, 2.05) is 23.1 Å². The summed E-state index contributed by atoms with van der Waals surface area (Å²) in [4.78, 5) is 17.8. The number of benzene rings is 2. The monoisotopic (exact) mass is 519 g/mol. The Balaban J connectivity index is 1.39. The molecular weight excluding hydrogens is 482 g/mol. The first-order chi connectivity index (χ1) is 18.5. The molecular formula is C30H37N3O5. The predicted octanol–water partition coefficient (Wildman–Crippen LogP) is 3.25. The van der Waals surface area contributed by atoms with Crippen LogP contribution in [0.3, 0.4) is 0 Å². The van der Waals surface area contributed by atoms with Gasteiger partial charge >= 0.3 is 0 Å². The Bertz CT molecular complexity index is 1320. The third-order valence-corrected chi connectivity index (χ3v) is 8.83. The highest BCUT2D eigenvalue weighted by atomic mass is 16.5. The number of aryl methyl sites for hydroxylation is 1. The maximum atomic E-state index is 13.4. The quantitative estimate of drug-likeness (QED) is 0.539. The molecule has 0 bridgehead atoms.